The molecule has 0 aliphatic heterocycles. The Morgan fingerprint density at radius 2 is 2.15 bits per heavy atom. The molecular formula is C11H13BrO. The fourth-order valence-corrected chi connectivity index (χ4v) is 2.51. The highest BCUT2D eigenvalue weighted by molar-refractivity contribution is 9.10. The quantitative estimate of drug-likeness (QED) is 0.739. The fourth-order valence-electron chi connectivity index (χ4n) is 2.13. The van der Waals surface area contributed by atoms with Gasteiger partial charge in [0, 0.05) is 4.47 Å². The second-order valence-corrected chi connectivity index (χ2v) is 5.25. The van der Waals surface area contributed by atoms with E-state index in [1.165, 1.54) is 5.56 Å². The van der Waals surface area contributed by atoms with Crippen molar-refractivity contribution in [1.29, 1.82) is 0 Å². The van der Waals surface area contributed by atoms with Gasteiger partial charge in [-0.15, -0.1) is 0 Å². The van der Waals surface area contributed by atoms with Crippen LogP contribution in [0.4, 0.5) is 0 Å². The molecule has 0 spiro atoms. The van der Waals surface area contributed by atoms with E-state index in [9.17, 15) is 5.11 Å². The molecule has 2 heteroatoms. The van der Waals surface area contributed by atoms with Gasteiger partial charge in [0.1, 0.15) is 0 Å². The van der Waals surface area contributed by atoms with E-state index in [1.54, 1.807) is 0 Å². The molecule has 0 fully saturated rings. The topological polar surface area (TPSA) is 20.2 Å². The van der Waals surface area contributed by atoms with Gasteiger partial charge in [0.25, 0.3) is 0 Å². The van der Waals surface area contributed by atoms with Gasteiger partial charge in [0.05, 0.1) is 6.10 Å². The molecule has 70 valence electrons. The molecule has 0 heterocycles. The molecule has 1 atom stereocenters. The minimum atomic E-state index is -0.289. The van der Waals surface area contributed by atoms with Crippen molar-refractivity contribution in [3.05, 3.63) is 33.8 Å². The van der Waals surface area contributed by atoms with Gasteiger partial charge in [0.15, 0.2) is 0 Å². The van der Waals surface area contributed by atoms with Crippen molar-refractivity contribution < 1.29 is 5.11 Å². The zero-order valence-corrected chi connectivity index (χ0v) is 9.43. The van der Waals surface area contributed by atoms with Gasteiger partial charge < -0.3 is 5.11 Å². The summed E-state index contributed by atoms with van der Waals surface area (Å²) in [5, 5.41) is 9.82. The van der Waals surface area contributed by atoms with Crippen molar-refractivity contribution in [3.63, 3.8) is 0 Å². The van der Waals surface area contributed by atoms with Gasteiger partial charge in [-0.2, -0.15) is 0 Å². The van der Waals surface area contributed by atoms with Crippen LogP contribution in [-0.4, -0.2) is 5.11 Å². The Balaban J connectivity index is 2.59. The van der Waals surface area contributed by atoms with E-state index in [0.29, 0.717) is 0 Å². The number of fused-ring (bicyclic) bond motifs is 1. The van der Waals surface area contributed by atoms with Crippen LogP contribution in [0.15, 0.2) is 22.7 Å². The van der Waals surface area contributed by atoms with Crippen molar-refractivity contribution in [1.82, 2.24) is 0 Å². The Kier molecular flexibility index (Phi) is 2.00. The molecule has 1 aliphatic rings. The molecule has 0 bridgehead atoms. The summed E-state index contributed by atoms with van der Waals surface area (Å²) < 4.78 is 1.04. The van der Waals surface area contributed by atoms with Gasteiger partial charge in [-0.05, 0) is 35.1 Å². The molecule has 1 nitrogen and oxygen atoms in total. The molecule has 1 N–H and O–H groups in total. The molecule has 0 saturated carbocycles. The summed E-state index contributed by atoms with van der Waals surface area (Å²) in [6.45, 7) is 4.35. The molecule has 0 amide bonds. The Hall–Kier alpha value is -0.340. The number of aliphatic hydroxyl groups excluding tert-OH is 1. The third kappa shape index (κ3) is 1.42. The normalized spacial score (nSPS) is 24.5. The van der Waals surface area contributed by atoms with Crippen LogP contribution >= 0.6 is 15.9 Å². The van der Waals surface area contributed by atoms with Crippen LogP contribution in [0.2, 0.25) is 0 Å². The lowest BCUT2D eigenvalue weighted by Gasteiger charge is -2.18. The van der Waals surface area contributed by atoms with E-state index in [4.69, 9.17) is 0 Å². The lowest BCUT2D eigenvalue weighted by molar-refractivity contribution is 0.161. The molecule has 1 unspecified atom stereocenters. The highest BCUT2D eigenvalue weighted by atomic mass is 79.9. The third-order valence-corrected chi connectivity index (χ3v) is 3.30. The van der Waals surface area contributed by atoms with E-state index in [-0.39, 0.29) is 11.5 Å². The summed E-state index contributed by atoms with van der Waals surface area (Å²) >= 11 is 3.42. The van der Waals surface area contributed by atoms with E-state index in [1.807, 2.05) is 12.1 Å². The molecule has 0 radical (unpaired) electrons. The maximum atomic E-state index is 9.82. The average molecular weight is 241 g/mol. The monoisotopic (exact) mass is 240 g/mol. The molecule has 1 aliphatic carbocycles. The molecular weight excluding hydrogens is 228 g/mol. The van der Waals surface area contributed by atoms with Crippen LogP contribution in [0.25, 0.3) is 0 Å². The number of benzene rings is 1. The van der Waals surface area contributed by atoms with Gasteiger partial charge in [-0.1, -0.05) is 35.8 Å². The van der Waals surface area contributed by atoms with Crippen molar-refractivity contribution in [2.45, 2.75) is 31.8 Å². The lowest BCUT2D eigenvalue weighted by Crippen LogP contribution is -2.12. The van der Waals surface area contributed by atoms with E-state index >= 15 is 0 Å². The number of halogens is 1. The van der Waals surface area contributed by atoms with E-state index < -0.39 is 0 Å². The highest BCUT2D eigenvalue weighted by Crippen LogP contribution is 2.45. The van der Waals surface area contributed by atoms with Crippen LogP contribution in [0.1, 0.15) is 37.5 Å². The molecule has 13 heavy (non-hydrogen) atoms. The summed E-state index contributed by atoms with van der Waals surface area (Å²) in [6.07, 6.45) is 0.543. The highest BCUT2D eigenvalue weighted by Gasteiger charge is 2.35. The fraction of sp³-hybridized carbons (Fsp3) is 0.455. The summed E-state index contributed by atoms with van der Waals surface area (Å²) in [5.74, 6) is 0. The first-order chi connectivity index (χ1) is 6.00. The molecule has 0 aromatic heterocycles. The van der Waals surface area contributed by atoms with E-state index in [2.05, 4.69) is 35.8 Å². The van der Waals surface area contributed by atoms with Crippen LogP contribution in [0.5, 0.6) is 0 Å². The smallest absolute Gasteiger partial charge is 0.0801 e. The first kappa shape index (κ1) is 9.22. The first-order valence-corrected chi connectivity index (χ1v) is 5.28. The third-order valence-electron chi connectivity index (χ3n) is 2.81. The summed E-state index contributed by atoms with van der Waals surface area (Å²) in [5.41, 5.74) is 2.48. The van der Waals surface area contributed by atoms with Gasteiger partial charge in [-0.3, -0.25) is 0 Å². The molecule has 1 aromatic carbocycles. The van der Waals surface area contributed by atoms with Crippen LogP contribution in [0.3, 0.4) is 0 Å². The zero-order chi connectivity index (χ0) is 9.64. The Bertz CT molecular complexity index is 344. The van der Waals surface area contributed by atoms with Gasteiger partial charge >= 0.3 is 0 Å². The van der Waals surface area contributed by atoms with Crippen LogP contribution in [-0.2, 0) is 5.41 Å². The zero-order valence-electron chi connectivity index (χ0n) is 7.84. The number of hydrogen-bond acceptors (Lipinski definition) is 1. The summed E-state index contributed by atoms with van der Waals surface area (Å²) in [6, 6.07) is 6.17. The maximum Gasteiger partial charge on any atom is 0.0801 e. The Morgan fingerprint density at radius 1 is 1.46 bits per heavy atom. The summed E-state index contributed by atoms with van der Waals surface area (Å²) in [4.78, 5) is 0. The second-order valence-electron chi connectivity index (χ2n) is 4.34. The summed E-state index contributed by atoms with van der Waals surface area (Å²) in [7, 11) is 0. The van der Waals surface area contributed by atoms with Gasteiger partial charge in [0.2, 0.25) is 0 Å². The van der Waals surface area contributed by atoms with E-state index in [0.717, 1.165) is 16.5 Å². The van der Waals surface area contributed by atoms with Crippen LogP contribution < -0.4 is 0 Å². The first-order valence-electron chi connectivity index (χ1n) is 4.49. The predicted molar refractivity (Wildman–Crippen MR) is 56.7 cm³/mol. The average Bonchev–Trinajstić information content (AvgIpc) is 2.22. The molecule has 0 saturated heterocycles. The second kappa shape index (κ2) is 2.82. The van der Waals surface area contributed by atoms with Gasteiger partial charge in [-0.25, -0.2) is 0 Å². The van der Waals surface area contributed by atoms with Crippen molar-refractivity contribution >= 4 is 15.9 Å². The lowest BCUT2D eigenvalue weighted by atomic mass is 9.87. The van der Waals surface area contributed by atoms with Crippen molar-refractivity contribution in [2.75, 3.05) is 0 Å². The Morgan fingerprint density at radius 3 is 2.85 bits per heavy atom. The maximum absolute atomic E-state index is 9.82. The number of rotatable bonds is 0. The number of hydrogen-bond donors (Lipinski definition) is 1. The number of aliphatic hydroxyl groups is 1. The SMILES string of the molecule is CC1(C)CC(O)c2cc(Br)ccc21. The van der Waals surface area contributed by atoms with Crippen molar-refractivity contribution in [3.8, 4) is 0 Å². The predicted octanol–water partition coefficient (Wildman–Crippen LogP) is 3.16. The minimum Gasteiger partial charge on any atom is -0.388 e. The Labute approximate surface area is 86.9 Å². The molecule has 2 rings (SSSR count). The largest absolute Gasteiger partial charge is 0.388 e. The minimum absolute atomic E-state index is 0.120. The van der Waals surface area contributed by atoms with Crippen LogP contribution in [0, 0.1) is 0 Å². The van der Waals surface area contributed by atoms with Crippen molar-refractivity contribution in [2.24, 2.45) is 0 Å². The molecule has 1 aromatic rings. The standard InChI is InChI=1S/C11H13BrO/c1-11(2)6-10(13)8-5-7(12)3-4-9(8)11/h3-5,10,13H,6H2,1-2H3.